The summed E-state index contributed by atoms with van der Waals surface area (Å²) in [6, 6.07) is 0. The molecular weight excluding hydrogens is 241 g/mol. The number of halogens is 3. The number of rotatable bonds is 6. The maximum atomic E-state index is 12.3. The summed E-state index contributed by atoms with van der Waals surface area (Å²) in [4.78, 5) is 2.04. The van der Waals surface area contributed by atoms with Crippen LogP contribution in [0.15, 0.2) is 0 Å². The van der Waals surface area contributed by atoms with E-state index in [9.17, 15) is 13.2 Å². The van der Waals surface area contributed by atoms with Crippen molar-refractivity contribution in [2.24, 2.45) is 11.3 Å². The first-order valence-electron chi connectivity index (χ1n) is 6.86. The summed E-state index contributed by atoms with van der Waals surface area (Å²) in [7, 11) is 0. The fourth-order valence-electron chi connectivity index (χ4n) is 2.73. The van der Waals surface area contributed by atoms with Crippen molar-refractivity contribution in [2.75, 3.05) is 32.7 Å². The van der Waals surface area contributed by atoms with E-state index in [2.05, 4.69) is 12.2 Å². The third-order valence-corrected chi connectivity index (χ3v) is 3.99. The molecule has 2 fully saturated rings. The SMILES string of the molecule is CC1(CN(CCC(F)(F)F)CC2CC2)CCNC1. The molecule has 2 aliphatic rings. The van der Waals surface area contributed by atoms with Crippen molar-refractivity contribution in [2.45, 2.75) is 38.8 Å². The smallest absolute Gasteiger partial charge is 0.316 e. The maximum absolute atomic E-state index is 12.3. The van der Waals surface area contributed by atoms with Gasteiger partial charge >= 0.3 is 6.18 Å². The van der Waals surface area contributed by atoms with Gasteiger partial charge in [-0.25, -0.2) is 0 Å². The molecule has 1 atom stereocenters. The Morgan fingerprint density at radius 3 is 2.56 bits per heavy atom. The zero-order chi connectivity index (χ0) is 13.2. The van der Waals surface area contributed by atoms with Gasteiger partial charge in [0.1, 0.15) is 0 Å². The van der Waals surface area contributed by atoms with Crippen LogP contribution in [0.25, 0.3) is 0 Å². The molecule has 2 nitrogen and oxygen atoms in total. The predicted molar refractivity (Wildman–Crippen MR) is 65.4 cm³/mol. The lowest BCUT2D eigenvalue weighted by atomic mass is 9.89. The quantitative estimate of drug-likeness (QED) is 0.793. The molecular formula is C13H23F3N2. The average molecular weight is 264 g/mol. The fourth-order valence-corrected chi connectivity index (χ4v) is 2.73. The molecule has 0 aromatic heterocycles. The van der Waals surface area contributed by atoms with Crippen molar-refractivity contribution in [1.82, 2.24) is 10.2 Å². The first-order valence-corrected chi connectivity index (χ1v) is 6.86. The highest BCUT2D eigenvalue weighted by atomic mass is 19.4. The van der Waals surface area contributed by atoms with Crippen molar-refractivity contribution in [3.63, 3.8) is 0 Å². The van der Waals surface area contributed by atoms with Crippen molar-refractivity contribution < 1.29 is 13.2 Å². The summed E-state index contributed by atoms with van der Waals surface area (Å²) in [5.41, 5.74) is 0.153. The highest BCUT2D eigenvalue weighted by Crippen LogP contribution is 2.33. The third kappa shape index (κ3) is 4.76. The second-order valence-electron chi connectivity index (χ2n) is 6.28. The molecule has 1 aliphatic carbocycles. The molecule has 0 amide bonds. The van der Waals surface area contributed by atoms with Gasteiger partial charge in [0.25, 0.3) is 0 Å². The predicted octanol–water partition coefficient (Wildman–Crippen LogP) is 2.65. The largest absolute Gasteiger partial charge is 0.390 e. The van der Waals surface area contributed by atoms with Crippen molar-refractivity contribution in [3.8, 4) is 0 Å². The Labute approximate surface area is 107 Å². The lowest BCUT2D eigenvalue weighted by molar-refractivity contribution is -0.138. The van der Waals surface area contributed by atoms with Crippen LogP contribution in [0.4, 0.5) is 13.2 Å². The van der Waals surface area contributed by atoms with E-state index in [0.29, 0.717) is 5.92 Å². The molecule has 5 heteroatoms. The van der Waals surface area contributed by atoms with Gasteiger partial charge in [-0.05, 0) is 37.1 Å². The minimum absolute atomic E-state index is 0.153. The molecule has 1 saturated heterocycles. The Hall–Kier alpha value is -0.290. The third-order valence-electron chi connectivity index (χ3n) is 3.99. The van der Waals surface area contributed by atoms with Crippen LogP contribution in [-0.4, -0.2) is 43.8 Å². The van der Waals surface area contributed by atoms with E-state index in [4.69, 9.17) is 0 Å². The lowest BCUT2D eigenvalue weighted by Crippen LogP contribution is -2.40. The Balaban J connectivity index is 1.83. The Morgan fingerprint density at radius 2 is 2.06 bits per heavy atom. The van der Waals surface area contributed by atoms with Gasteiger partial charge in [-0.1, -0.05) is 6.92 Å². The Morgan fingerprint density at radius 1 is 1.33 bits per heavy atom. The Kier molecular flexibility index (Phi) is 4.22. The number of hydrogen-bond donors (Lipinski definition) is 1. The molecule has 1 N–H and O–H groups in total. The number of nitrogens with zero attached hydrogens (tertiary/aromatic N) is 1. The molecule has 1 aliphatic heterocycles. The molecule has 0 aromatic rings. The zero-order valence-corrected chi connectivity index (χ0v) is 11.0. The molecule has 18 heavy (non-hydrogen) atoms. The van der Waals surface area contributed by atoms with Crippen LogP contribution in [0.3, 0.4) is 0 Å². The summed E-state index contributed by atoms with van der Waals surface area (Å²) >= 11 is 0. The molecule has 0 bridgehead atoms. The number of nitrogens with one attached hydrogen (secondary N) is 1. The summed E-state index contributed by atoms with van der Waals surface area (Å²) < 4.78 is 37.0. The van der Waals surface area contributed by atoms with Crippen LogP contribution in [0.2, 0.25) is 0 Å². The molecule has 106 valence electrons. The van der Waals surface area contributed by atoms with Crippen molar-refractivity contribution >= 4 is 0 Å². The van der Waals surface area contributed by atoms with Crippen molar-refractivity contribution in [3.05, 3.63) is 0 Å². The molecule has 1 saturated carbocycles. The van der Waals surface area contributed by atoms with Gasteiger partial charge in [0.15, 0.2) is 0 Å². The molecule has 1 heterocycles. The highest BCUT2D eigenvalue weighted by Gasteiger charge is 2.35. The van der Waals surface area contributed by atoms with Crippen LogP contribution in [0.1, 0.15) is 32.6 Å². The van der Waals surface area contributed by atoms with E-state index in [-0.39, 0.29) is 12.0 Å². The number of alkyl halides is 3. The highest BCUT2D eigenvalue weighted by molar-refractivity contribution is 4.88. The standard InChI is InChI=1S/C13H23F3N2/c1-12(4-6-17-9-12)10-18(8-11-2-3-11)7-5-13(14,15)16/h11,17H,2-10H2,1H3. The van der Waals surface area contributed by atoms with E-state index in [0.717, 1.165) is 32.6 Å². The summed E-state index contributed by atoms with van der Waals surface area (Å²) in [6.45, 7) is 5.92. The van der Waals surface area contributed by atoms with Gasteiger partial charge in [0, 0.05) is 26.2 Å². The van der Waals surface area contributed by atoms with Gasteiger partial charge < -0.3 is 10.2 Å². The maximum Gasteiger partial charge on any atom is 0.390 e. The number of hydrogen-bond acceptors (Lipinski definition) is 2. The summed E-state index contributed by atoms with van der Waals surface area (Å²) in [5, 5.41) is 3.31. The lowest BCUT2D eigenvalue weighted by Gasteiger charge is -2.32. The van der Waals surface area contributed by atoms with Crippen molar-refractivity contribution in [1.29, 1.82) is 0 Å². The molecule has 2 rings (SSSR count). The molecule has 0 aromatic carbocycles. The minimum atomic E-state index is -4.03. The molecule has 1 unspecified atom stereocenters. The van der Waals surface area contributed by atoms with E-state index < -0.39 is 12.6 Å². The zero-order valence-electron chi connectivity index (χ0n) is 11.0. The van der Waals surface area contributed by atoms with Crippen LogP contribution in [0, 0.1) is 11.3 Å². The van der Waals surface area contributed by atoms with Gasteiger partial charge in [0.05, 0.1) is 6.42 Å². The second-order valence-corrected chi connectivity index (χ2v) is 6.28. The summed E-state index contributed by atoms with van der Waals surface area (Å²) in [5.74, 6) is 0.649. The van der Waals surface area contributed by atoms with Crippen LogP contribution < -0.4 is 5.32 Å². The van der Waals surface area contributed by atoms with E-state index >= 15 is 0 Å². The first-order chi connectivity index (χ1) is 8.36. The average Bonchev–Trinajstić information content (AvgIpc) is 2.96. The normalized spacial score (nSPS) is 29.2. The minimum Gasteiger partial charge on any atom is -0.316 e. The van der Waals surface area contributed by atoms with Gasteiger partial charge in [0.2, 0.25) is 0 Å². The Bertz CT molecular complexity index is 268. The monoisotopic (exact) mass is 264 g/mol. The fraction of sp³-hybridized carbons (Fsp3) is 1.00. The van der Waals surface area contributed by atoms with E-state index in [1.54, 1.807) is 0 Å². The summed E-state index contributed by atoms with van der Waals surface area (Å²) in [6.07, 6.45) is -1.25. The van der Waals surface area contributed by atoms with Gasteiger partial charge in [-0.3, -0.25) is 0 Å². The topological polar surface area (TPSA) is 15.3 Å². The van der Waals surface area contributed by atoms with Gasteiger partial charge in [-0.15, -0.1) is 0 Å². The van der Waals surface area contributed by atoms with Crippen LogP contribution in [-0.2, 0) is 0 Å². The second kappa shape index (κ2) is 5.37. The van der Waals surface area contributed by atoms with E-state index in [1.165, 1.54) is 12.8 Å². The van der Waals surface area contributed by atoms with E-state index in [1.807, 2.05) is 4.90 Å². The molecule has 0 radical (unpaired) electrons. The first kappa shape index (κ1) is 14.1. The van der Waals surface area contributed by atoms with Crippen LogP contribution >= 0.6 is 0 Å². The van der Waals surface area contributed by atoms with Crippen LogP contribution in [0.5, 0.6) is 0 Å². The molecule has 0 spiro atoms. The van der Waals surface area contributed by atoms with Gasteiger partial charge in [-0.2, -0.15) is 13.2 Å².